The average Bonchev–Trinajstić information content (AvgIpc) is 3.55. The summed E-state index contributed by atoms with van der Waals surface area (Å²) in [5.41, 5.74) is 14.6. The Morgan fingerprint density at radius 2 is 0.918 bits per heavy atom. The van der Waals surface area contributed by atoms with Gasteiger partial charge in [-0.05, 0) is 121 Å². The average molecular weight is 786 g/mol. The van der Waals surface area contributed by atoms with Gasteiger partial charge in [-0.2, -0.15) is 0 Å². The van der Waals surface area contributed by atoms with Gasteiger partial charge in [-0.25, -0.2) is 8.42 Å². The van der Waals surface area contributed by atoms with Gasteiger partial charge in [0.15, 0.2) is 7.91 Å². The van der Waals surface area contributed by atoms with Gasteiger partial charge >= 0.3 is 0 Å². The van der Waals surface area contributed by atoms with E-state index in [0.29, 0.717) is 40.7 Å². The molecule has 4 aromatic carbocycles. The van der Waals surface area contributed by atoms with Gasteiger partial charge in [-0.15, -0.1) is 0 Å². The topological polar surface area (TPSA) is 154 Å². The minimum atomic E-state index is -3.93. The highest BCUT2D eigenvalue weighted by Crippen LogP contribution is 2.30. The Morgan fingerprint density at radius 3 is 1.24 bits per heavy atom. The van der Waals surface area contributed by atoms with Crippen LogP contribution in [0, 0.1) is 7.91 Å². The van der Waals surface area contributed by atoms with E-state index < -0.39 is 21.7 Å². The van der Waals surface area contributed by atoms with Gasteiger partial charge in [-0.3, -0.25) is 18.7 Å². The van der Waals surface area contributed by atoms with Gasteiger partial charge in [0.2, 0.25) is 9.84 Å². The highest BCUT2D eigenvalue weighted by Gasteiger charge is 2.22. The van der Waals surface area contributed by atoms with Crippen LogP contribution in [0.2, 0.25) is 10.0 Å². The van der Waals surface area contributed by atoms with Crippen molar-refractivity contribution in [2.75, 3.05) is 22.1 Å². The molecule has 10 nitrogen and oxygen atoms in total. The van der Waals surface area contributed by atoms with Gasteiger partial charge in [0.1, 0.15) is 21.4 Å². The quantitative estimate of drug-likeness (QED) is 0.112. The number of nitrogen functional groups attached to an aromatic ring is 2. The first-order chi connectivity index (χ1) is 23.3. The third-order valence-electron chi connectivity index (χ3n) is 7.12. The van der Waals surface area contributed by atoms with Crippen LogP contribution < -0.4 is 22.1 Å². The number of hydrogen-bond donors (Lipinski definition) is 4. The molecule has 0 atom stereocenters. The minimum Gasteiger partial charge on any atom is -0.383 e. The first-order valence-electron chi connectivity index (χ1n) is 14.0. The number of nitrogens with one attached hydrogen (secondary N) is 2. The number of aromatic nitrogens is 2. The van der Waals surface area contributed by atoms with E-state index in [1.807, 2.05) is 0 Å². The zero-order chi connectivity index (χ0) is 35.0. The number of rotatable bonds is 8. The largest absolute Gasteiger partial charge is 0.383 e. The summed E-state index contributed by atoms with van der Waals surface area (Å²) in [5, 5.41) is 6.56. The van der Waals surface area contributed by atoms with Crippen LogP contribution in [0.3, 0.4) is 0 Å². The van der Waals surface area contributed by atoms with Crippen molar-refractivity contribution in [3.63, 3.8) is 0 Å². The second kappa shape index (κ2) is 13.9. The minimum absolute atomic E-state index is 0.00225. The number of sulfone groups is 1. The molecule has 0 aliphatic rings. The maximum Gasteiger partial charge on any atom is 0.269 e. The van der Waals surface area contributed by atoms with Crippen LogP contribution in [-0.4, -0.2) is 29.4 Å². The second-order valence-electron chi connectivity index (χ2n) is 10.2. The van der Waals surface area contributed by atoms with Gasteiger partial charge < -0.3 is 22.1 Å². The third kappa shape index (κ3) is 7.05. The molecule has 0 saturated carbocycles. The number of carbonyl (C=O) groups excluding carboxylic acids is 2. The number of amides is 2. The molecule has 0 aliphatic heterocycles. The molecule has 0 bridgehead atoms. The normalized spacial score (nSPS) is 11.3. The van der Waals surface area contributed by atoms with E-state index in [1.165, 1.54) is 48.5 Å². The molecule has 6 N–H and O–H groups in total. The number of carbonyl (C=O) groups is 2. The zero-order valence-corrected chi connectivity index (χ0v) is 30.3. The molecule has 0 saturated heterocycles. The van der Waals surface area contributed by atoms with Crippen LogP contribution in [-0.2, 0) is 9.84 Å². The zero-order valence-electron chi connectivity index (χ0n) is 24.7. The van der Waals surface area contributed by atoms with Crippen LogP contribution in [0.4, 0.5) is 23.0 Å². The Hall–Kier alpha value is -4.35. The maximum absolute atomic E-state index is 13.4. The summed E-state index contributed by atoms with van der Waals surface area (Å²) >= 11 is 24.9. The molecule has 248 valence electrons. The highest BCUT2D eigenvalue weighted by atomic mass is 35.5. The van der Waals surface area contributed by atoms with Crippen molar-refractivity contribution in [3.8, 4) is 11.4 Å². The van der Waals surface area contributed by atoms with Gasteiger partial charge in [0, 0.05) is 32.8 Å². The van der Waals surface area contributed by atoms with Crippen LogP contribution in [0.5, 0.6) is 0 Å². The first kappa shape index (κ1) is 34.5. The van der Waals surface area contributed by atoms with Crippen LogP contribution in [0.15, 0.2) is 107 Å². The van der Waals surface area contributed by atoms with E-state index in [1.54, 1.807) is 57.7 Å². The number of benzene rings is 4. The molecule has 0 spiro atoms. The van der Waals surface area contributed by atoms with Crippen molar-refractivity contribution < 1.29 is 18.0 Å². The lowest BCUT2D eigenvalue weighted by Gasteiger charge is -2.10. The smallest absolute Gasteiger partial charge is 0.269 e. The summed E-state index contributed by atoms with van der Waals surface area (Å²) in [5.74, 6) is -0.663. The Morgan fingerprint density at radius 1 is 0.592 bits per heavy atom. The van der Waals surface area contributed by atoms with Crippen molar-refractivity contribution in [2.45, 2.75) is 9.79 Å². The maximum atomic E-state index is 13.4. The van der Waals surface area contributed by atoms with Gasteiger partial charge in [-0.1, -0.05) is 45.9 Å². The summed E-state index contributed by atoms with van der Waals surface area (Å²) in [6, 6.07) is 25.1. The standard InChI is InChI=1S/C32H22Cl2N6O4S5/c33-17-1-9-21(10-2-17)39-27(35)25(47-31(39)45)29(41)37-19-5-13-23(14-6-19)49(43,44)24-15-7-20(8-16-24)38-30(42)26-28(36)40(32(46)48-26)22-11-3-18(34)4-12-22/h1-16H,35-36H2,(H,37,41)(H,38,42). The molecule has 0 radical (unpaired) electrons. The fourth-order valence-electron chi connectivity index (χ4n) is 4.71. The molecule has 17 heteroatoms. The molecule has 2 aromatic heterocycles. The number of thiazole rings is 2. The molecule has 2 heterocycles. The van der Waals surface area contributed by atoms with Crippen LogP contribution >= 0.6 is 70.3 Å². The van der Waals surface area contributed by atoms with Gasteiger partial charge in [0.25, 0.3) is 11.8 Å². The first-order valence-corrected chi connectivity index (χ1v) is 18.6. The lowest BCUT2D eigenvalue weighted by atomic mass is 10.3. The summed E-state index contributed by atoms with van der Waals surface area (Å²) in [7, 11) is -3.93. The fourth-order valence-corrected chi connectivity index (χ4v) is 8.75. The summed E-state index contributed by atoms with van der Waals surface area (Å²) in [6.07, 6.45) is 0. The van der Waals surface area contributed by atoms with Gasteiger partial charge in [0.05, 0.1) is 9.79 Å². The van der Waals surface area contributed by atoms with Crippen LogP contribution in [0.25, 0.3) is 11.4 Å². The van der Waals surface area contributed by atoms with E-state index in [4.69, 9.17) is 59.1 Å². The van der Waals surface area contributed by atoms with Crippen molar-refractivity contribution in [2.24, 2.45) is 0 Å². The molecule has 2 amide bonds. The monoisotopic (exact) mass is 784 g/mol. The van der Waals surface area contributed by atoms with E-state index >= 15 is 0 Å². The Kier molecular flexibility index (Phi) is 9.77. The predicted molar refractivity (Wildman–Crippen MR) is 202 cm³/mol. The van der Waals surface area contributed by atoms with E-state index in [-0.39, 0.29) is 31.2 Å². The van der Waals surface area contributed by atoms with E-state index in [0.717, 1.165) is 22.7 Å². The highest BCUT2D eigenvalue weighted by molar-refractivity contribution is 7.91. The Bertz CT molecular complexity index is 2290. The van der Waals surface area contributed by atoms with Crippen molar-refractivity contribution in [1.29, 1.82) is 0 Å². The van der Waals surface area contributed by atoms with Crippen molar-refractivity contribution in [1.82, 2.24) is 9.13 Å². The van der Waals surface area contributed by atoms with E-state index in [2.05, 4.69) is 10.6 Å². The number of halogens is 2. The number of hydrogen-bond acceptors (Lipinski definition) is 10. The SMILES string of the molecule is Nc1c(C(=O)Nc2ccc(S(=O)(=O)c3ccc(NC(=O)c4sc(=S)n(-c5ccc(Cl)cc5)c4N)cc3)cc2)sc(=S)n1-c1ccc(Cl)cc1. The Balaban J connectivity index is 1.13. The van der Waals surface area contributed by atoms with Crippen LogP contribution in [0.1, 0.15) is 19.3 Å². The van der Waals surface area contributed by atoms with Crippen molar-refractivity contribution in [3.05, 3.63) is 125 Å². The molecular formula is C32H22Cl2N6O4S5. The summed E-state index contributed by atoms with van der Waals surface area (Å²) < 4.78 is 30.6. The predicted octanol–water partition coefficient (Wildman–Crippen LogP) is 8.66. The summed E-state index contributed by atoms with van der Waals surface area (Å²) in [6.45, 7) is 0. The second-order valence-corrected chi connectivity index (χ2v) is 16.4. The lowest BCUT2D eigenvalue weighted by molar-refractivity contribution is 0.102. The number of nitrogens with zero attached hydrogens (tertiary/aromatic N) is 2. The molecule has 6 rings (SSSR count). The molecule has 49 heavy (non-hydrogen) atoms. The number of nitrogens with two attached hydrogens (primary N) is 2. The molecular weight excluding hydrogens is 764 g/mol. The fraction of sp³-hybridized carbons (Fsp3) is 0. The van der Waals surface area contributed by atoms with E-state index in [9.17, 15) is 18.0 Å². The Labute approximate surface area is 308 Å². The number of anilines is 4. The molecule has 0 fully saturated rings. The molecule has 6 aromatic rings. The lowest BCUT2D eigenvalue weighted by Crippen LogP contribution is -2.14. The van der Waals surface area contributed by atoms with Crippen molar-refractivity contribution >= 4 is 115 Å². The molecule has 0 aliphatic carbocycles. The molecule has 0 unspecified atom stereocenters. The summed E-state index contributed by atoms with van der Waals surface area (Å²) in [4.78, 5) is 26.6. The third-order valence-corrected chi connectivity index (χ3v) is 12.2.